The molecule has 2 aromatic heterocycles. The van der Waals surface area contributed by atoms with Crippen molar-refractivity contribution in [3.05, 3.63) is 65.0 Å². The SMILES string of the molecule is C[C@H](OC(=O)c1ccc(-c2ccc(F)cc2)o1)C(=O)Nc1sccc1C#N. The smallest absolute Gasteiger partial charge is 0.375 e. The van der Waals surface area contributed by atoms with Gasteiger partial charge in [0.2, 0.25) is 5.76 Å². The van der Waals surface area contributed by atoms with E-state index >= 15 is 0 Å². The number of amides is 1. The number of furan rings is 1. The van der Waals surface area contributed by atoms with Gasteiger partial charge in [0.05, 0.1) is 5.56 Å². The molecule has 0 saturated carbocycles. The molecule has 0 aliphatic heterocycles. The molecule has 3 aromatic rings. The number of nitrogens with zero attached hydrogens (tertiary/aromatic N) is 1. The number of hydrogen-bond donors (Lipinski definition) is 1. The number of carbonyl (C=O) groups excluding carboxylic acids is 2. The molecule has 0 aliphatic carbocycles. The summed E-state index contributed by atoms with van der Waals surface area (Å²) >= 11 is 1.20. The minimum atomic E-state index is -1.09. The van der Waals surface area contributed by atoms with E-state index in [1.54, 1.807) is 17.5 Å². The fraction of sp³-hybridized carbons (Fsp3) is 0.105. The number of rotatable bonds is 5. The highest BCUT2D eigenvalue weighted by atomic mass is 32.1. The zero-order valence-corrected chi connectivity index (χ0v) is 14.9. The quantitative estimate of drug-likeness (QED) is 0.666. The molecule has 0 aliphatic rings. The molecule has 2 heterocycles. The summed E-state index contributed by atoms with van der Waals surface area (Å²) < 4.78 is 23.5. The molecule has 27 heavy (non-hydrogen) atoms. The predicted octanol–water partition coefficient (Wildman–Crippen LogP) is 4.20. The number of anilines is 1. The number of benzene rings is 1. The average Bonchev–Trinajstić information content (AvgIpc) is 3.31. The summed E-state index contributed by atoms with van der Waals surface area (Å²) in [4.78, 5) is 24.3. The largest absolute Gasteiger partial charge is 0.449 e. The Kier molecular flexibility index (Phi) is 5.33. The van der Waals surface area contributed by atoms with Crippen molar-refractivity contribution in [1.82, 2.24) is 0 Å². The van der Waals surface area contributed by atoms with Crippen LogP contribution in [0.1, 0.15) is 23.0 Å². The van der Waals surface area contributed by atoms with Gasteiger partial charge >= 0.3 is 5.97 Å². The van der Waals surface area contributed by atoms with Gasteiger partial charge in [-0.15, -0.1) is 11.3 Å². The Bertz CT molecular complexity index is 1020. The molecular weight excluding hydrogens is 371 g/mol. The number of hydrogen-bond acceptors (Lipinski definition) is 6. The molecule has 0 bridgehead atoms. The van der Waals surface area contributed by atoms with E-state index in [4.69, 9.17) is 14.4 Å². The predicted molar refractivity (Wildman–Crippen MR) is 96.6 cm³/mol. The van der Waals surface area contributed by atoms with Crippen LogP contribution in [0.5, 0.6) is 0 Å². The van der Waals surface area contributed by atoms with Crippen LogP contribution < -0.4 is 5.32 Å². The number of carbonyl (C=O) groups is 2. The van der Waals surface area contributed by atoms with Gasteiger partial charge < -0.3 is 14.5 Å². The number of halogens is 1. The Hall–Kier alpha value is -3.44. The van der Waals surface area contributed by atoms with Gasteiger partial charge in [0, 0.05) is 5.56 Å². The first-order valence-electron chi connectivity index (χ1n) is 7.83. The summed E-state index contributed by atoms with van der Waals surface area (Å²) in [6, 6.07) is 12.1. The van der Waals surface area contributed by atoms with E-state index in [2.05, 4.69) is 5.32 Å². The van der Waals surface area contributed by atoms with E-state index in [0.717, 1.165) is 0 Å². The highest BCUT2D eigenvalue weighted by molar-refractivity contribution is 7.14. The molecule has 1 N–H and O–H groups in total. The number of esters is 1. The third-order valence-electron chi connectivity index (χ3n) is 3.61. The summed E-state index contributed by atoms with van der Waals surface area (Å²) in [5, 5.41) is 13.6. The zero-order valence-electron chi connectivity index (χ0n) is 14.1. The summed E-state index contributed by atoms with van der Waals surface area (Å²) in [7, 11) is 0. The van der Waals surface area contributed by atoms with Crippen LogP contribution in [-0.2, 0) is 9.53 Å². The normalized spacial score (nSPS) is 11.4. The maximum Gasteiger partial charge on any atom is 0.375 e. The molecule has 1 atom stereocenters. The second kappa shape index (κ2) is 7.85. The Balaban J connectivity index is 1.64. The van der Waals surface area contributed by atoms with Gasteiger partial charge in [-0.3, -0.25) is 4.79 Å². The number of nitriles is 1. The third-order valence-corrected chi connectivity index (χ3v) is 4.44. The van der Waals surface area contributed by atoms with Crippen molar-refractivity contribution in [2.24, 2.45) is 0 Å². The fourth-order valence-corrected chi connectivity index (χ4v) is 2.94. The molecule has 1 amide bonds. The van der Waals surface area contributed by atoms with Crippen LogP contribution >= 0.6 is 11.3 Å². The van der Waals surface area contributed by atoms with E-state index in [0.29, 0.717) is 21.9 Å². The maximum absolute atomic E-state index is 13.0. The van der Waals surface area contributed by atoms with E-state index in [-0.39, 0.29) is 11.6 Å². The topological polar surface area (TPSA) is 92.3 Å². The summed E-state index contributed by atoms with van der Waals surface area (Å²) in [6.45, 7) is 1.41. The molecule has 0 saturated heterocycles. The molecule has 1 aromatic carbocycles. The van der Waals surface area contributed by atoms with Crippen LogP contribution in [0.4, 0.5) is 9.39 Å². The molecule has 0 unspecified atom stereocenters. The van der Waals surface area contributed by atoms with Crippen LogP contribution in [-0.4, -0.2) is 18.0 Å². The lowest BCUT2D eigenvalue weighted by atomic mass is 10.2. The first-order valence-corrected chi connectivity index (χ1v) is 8.71. The molecule has 8 heteroatoms. The Labute approximate surface area is 157 Å². The zero-order chi connectivity index (χ0) is 19.4. The van der Waals surface area contributed by atoms with Crippen molar-refractivity contribution in [2.45, 2.75) is 13.0 Å². The van der Waals surface area contributed by atoms with Crippen LogP contribution in [0.15, 0.2) is 52.3 Å². The lowest BCUT2D eigenvalue weighted by molar-refractivity contribution is -0.123. The van der Waals surface area contributed by atoms with Crippen LogP contribution in [0.3, 0.4) is 0 Å². The van der Waals surface area contributed by atoms with E-state index < -0.39 is 18.0 Å². The van der Waals surface area contributed by atoms with Gasteiger partial charge in [0.1, 0.15) is 22.6 Å². The second-order valence-corrected chi connectivity index (χ2v) is 6.40. The lowest BCUT2D eigenvalue weighted by Gasteiger charge is -2.12. The van der Waals surface area contributed by atoms with E-state index in [9.17, 15) is 14.0 Å². The van der Waals surface area contributed by atoms with E-state index in [1.165, 1.54) is 48.6 Å². The van der Waals surface area contributed by atoms with Gasteiger partial charge in [-0.2, -0.15) is 5.26 Å². The summed E-state index contributed by atoms with van der Waals surface area (Å²) in [5.41, 5.74) is 0.935. The summed E-state index contributed by atoms with van der Waals surface area (Å²) in [6.07, 6.45) is -1.09. The standard InChI is InChI=1S/C19H13FN2O4S/c1-11(17(23)22-18-13(10-21)8-9-27-18)25-19(24)16-7-6-15(26-16)12-2-4-14(20)5-3-12/h2-9,11H,1H3,(H,22,23)/t11-/m0/s1. The highest BCUT2D eigenvalue weighted by Crippen LogP contribution is 2.24. The molecule has 0 fully saturated rings. The molecule has 3 rings (SSSR count). The lowest BCUT2D eigenvalue weighted by Crippen LogP contribution is -2.29. The van der Waals surface area contributed by atoms with Gasteiger partial charge in [-0.05, 0) is 54.8 Å². The average molecular weight is 384 g/mol. The Morgan fingerprint density at radius 2 is 1.96 bits per heavy atom. The first kappa shape index (κ1) is 18.4. The molecular formula is C19H13FN2O4S. The van der Waals surface area contributed by atoms with Crippen molar-refractivity contribution >= 4 is 28.2 Å². The minimum Gasteiger partial charge on any atom is -0.449 e. The molecule has 136 valence electrons. The highest BCUT2D eigenvalue weighted by Gasteiger charge is 2.22. The van der Waals surface area contributed by atoms with Crippen LogP contribution in [0, 0.1) is 17.1 Å². The summed E-state index contributed by atoms with van der Waals surface area (Å²) in [5.74, 6) is -1.46. The van der Waals surface area contributed by atoms with Gasteiger partial charge in [0.25, 0.3) is 5.91 Å². The van der Waals surface area contributed by atoms with Gasteiger partial charge in [-0.1, -0.05) is 0 Å². The van der Waals surface area contributed by atoms with Crippen LogP contribution in [0.2, 0.25) is 0 Å². The Morgan fingerprint density at radius 3 is 2.67 bits per heavy atom. The first-order chi connectivity index (χ1) is 13.0. The van der Waals surface area contributed by atoms with Crippen molar-refractivity contribution < 1.29 is 23.1 Å². The molecule has 6 nitrogen and oxygen atoms in total. The van der Waals surface area contributed by atoms with Crippen molar-refractivity contribution in [1.29, 1.82) is 5.26 Å². The number of nitrogens with one attached hydrogen (secondary N) is 1. The number of thiophene rings is 1. The third kappa shape index (κ3) is 4.22. The Morgan fingerprint density at radius 1 is 1.22 bits per heavy atom. The van der Waals surface area contributed by atoms with Crippen molar-refractivity contribution in [3.8, 4) is 17.4 Å². The fourth-order valence-electron chi connectivity index (χ4n) is 2.20. The van der Waals surface area contributed by atoms with Gasteiger partial charge in [-0.25, -0.2) is 9.18 Å². The van der Waals surface area contributed by atoms with Gasteiger partial charge in [0.15, 0.2) is 6.10 Å². The monoisotopic (exact) mass is 384 g/mol. The van der Waals surface area contributed by atoms with Crippen molar-refractivity contribution in [2.75, 3.05) is 5.32 Å². The maximum atomic E-state index is 13.0. The number of ether oxygens (including phenoxy) is 1. The minimum absolute atomic E-state index is 0.0807. The molecule has 0 radical (unpaired) electrons. The molecule has 0 spiro atoms. The second-order valence-electron chi connectivity index (χ2n) is 5.48. The van der Waals surface area contributed by atoms with E-state index in [1.807, 2.05) is 6.07 Å². The van der Waals surface area contributed by atoms with Crippen molar-refractivity contribution in [3.63, 3.8) is 0 Å². The van der Waals surface area contributed by atoms with Crippen LogP contribution in [0.25, 0.3) is 11.3 Å².